The van der Waals surface area contributed by atoms with E-state index < -0.39 is 0 Å². The number of ether oxygens (including phenoxy) is 2. The third-order valence-corrected chi connectivity index (χ3v) is 4.50. The van der Waals surface area contributed by atoms with Crippen LogP contribution < -0.4 is 20.1 Å². The molecular weight excluding hydrogens is 354 g/mol. The Morgan fingerprint density at radius 2 is 1.86 bits per heavy atom. The monoisotopic (exact) mass is 375 g/mol. The first-order chi connectivity index (χ1) is 13.6. The molecule has 1 amide bonds. The number of hydrogen-bond donors (Lipinski definition) is 2. The molecule has 0 radical (unpaired) electrons. The number of aromatic nitrogens is 1. The molecule has 0 saturated carbocycles. The molecule has 1 aliphatic heterocycles. The van der Waals surface area contributed by atoms with Gasteiger partial charge in [-0.3, -0.25) is 4.79 Å². The van der Waals surface area contributed by atoms with Crippen molar-refractivity contribution in [1.29, 1.82) is 0 Å². The van der Waals surface area contributed by atoms with Crippen LogP contribution in [0, 0.1) is 0 Å². The maximum Gasteiger partial charge on any atom is 0.257 e. The Labute approximate surface area is 163 Å². The van der Waals surface area contributed by atoms with E-state index in [4.69, 9.17) is 9.47 Å². The summed E-state index contributed by atoms with van der Waals surface area (Å²) in [6, 6.07) is 17.0. The van der Waals surface area contributed by atoms with Crippen molar-refractivity contribution in [2.75, 3.05) is 17.4 Å². The third kappa shape index (κ3) is 3.76. The lowest BCUT2D eigenvalue weighted by Gasteiger charge is -2.14. The van der Waals surface area contributed by atoms with E-state index >= 15 is 0 Å². The quantitative estimate of drug-likeness (QED) is 0.661. The fourth-order valence-electron chi connectivity index (χ4n) is 3.03. The second-order valence-electron chi connectivity index (χ2n) is 6.82. The Hall–Kier alpha value is -3.54. The SMILES string of the molecule is CC(C)c1ccccc1Nc1ccc(C(=O)Nc2ccc3c(c2)OCO3)cn1. The second kappa shape index (κ2) is 7.60. The maximum atomic E-state index is 12.5. The molecule has 1 aliphatic rings. The zero-order valence-electron chi connectivity index (χ0n) is 15.7. The minimum atomic E-state index is -0.236. The highest BCUT2D eigenvalue weighted by atomic mass is 16.7. The van der Waals surface area contributed by atoms with Crippen LogP contribution in [0.25, 0.3) is 0 Å². The number of para-hydroxylation sites is 1. The first kappa shape index (κ1) is 17.9. The van der Waals surface area contributed by atoms with Gasteiger partial charge in [-0.1, -0.05) is 32.0 Å². The van der Waals surface area contributed by atoms with Crippen molar-refractivity contribution in [1.82, 2.24) is 4.98 Å². The van der Waals surface area contributed by atoms with Gasteiger partial charge in [-0.15, -0.1) is 0 Å². The normalized spacial score (nSPS) is 12.1. The summed E-state index contributed by atoms with van der Waals surface area (Å²) >= 11 is 0. The predicted octanol–water partition coefficient (Wildman–Crippen LogP) is 4.93. The van der Waals surface area contributed by atoms with Gasteiger partial charge in [-0.2, -0.15) is 0 Å². The standard InChI is InChI=1S/C22H21N3O3/c1-14(2)17-5-3-4-6-18(17)25-21-10-7-15(12-23-21)22(26)24-16-8-9-19-20(11-16)28-13-27-19/h3-12,14H,13H2,1-2H3,(H,23,25)(H,24,26). The summed E-state index contributed by atoms with van der Waals surface area (Å²) in [6.45, 7) is 4.50. The zero-order chi connectivity index (χ0) is 19.5. The Kier molecular flexibility index (Phi) is 4.85. The molecule has 3 aromatic rings. The summed E-state index contributed by atoms with van der Waals surface area (Å²) in [5, 5.41) is 6.17. The van der Waals surface area contributed by atoms with E-state index in [2.05, 4.69) is 35.5 Å². The van der Waals surface area contributed by atoms with Crippen LogP contribution in [-0.4, -0.2) is 17.7 Å². The molecule has 1 aromatic heterocycles. The molecular formula is C22H21N3O3. The number of benzene rings is 2. The number of hydrogen-bond acceptors (Lipinski definition) is 5. The van der Waals surface area contributed by atoms with Gasteiger partial charge in [0.1, 0.15) is 5.82 Å². The van der Waals surface area contributed by atoms with Crippen molar-refractivity contribution in [2.45, 2.75) is 19.8 Å². The average Bonchev–Trinajstić information content (AvgIpc) is 3.16. The molecule has 142 valence electrons. The summed E-state index contributed by atoms with van der Waals surface area (Å²) in [6.07, 6.45) is 1.56. The molecule has 2 N–H and O–H groups in total. The minimum absolute atomic E-state index is 0.199. The summed E-state index contributed by atoms with van der Waals surface area (Å²) in [5.74, 6) is 2.15. The molecule has 6 heteroatoms. The number of nitrogens with one attached hydrogen (secondary N) is 2. The van der Waals surface area contributed by atoms with Crippen molar-refractivity contribution in [3.8, 4) is 11.5 Å². The van der Waals surface area contributed by atoms with Gasteiger partial charge < -0.3 is 20.1 Å². The topological polar surface area (TPSA) is 72.5 Å². The van der Waals surface area contributed by atoms with Gasteiger partial charge in [0, 0.05) is 23.6 Å². The average molecular weight is 375 g/mol. The van der Waals surface area contributed by atoms with Crippen LogP contribution in [-0.2, 0) is 0 Å². The van der Waals surface area contributed by atoms with Gasteiger partial charge >= 0.3 is 0 Å². The van der Waals surface area contributed by atoms with Gasteiger partial charge in [0.25, 0.3) is 5.91 Å². The lowest BCUT2D eigenvalue weighted by Crippen LogP contribution is -2.12. The Morgan fingerprint density at radius 1 is 1.04 bits per heavy atom. The molecule has 0 spiro atoms. The molecule has 0 aliphatic carbocycles. The van der Waals surface area contributed by atoms with Gasteiger partial charge in [0.15, 0.2) is 11.5 Å². The van der Waals surface area contributed by atoms with E-state index in [9.17, 15) is 4.79 Å². The first-order valence-corrected chi connectivity index (χ1v) is 9.13. The molecule has 2 aromatic carbocycles. The molecule has 0 saturated heterocycles. The van der Waals surface area contributed by atoms with Gasteiger partial charge in [0.05, 0.1) is 5.56 Å². The van der Waals surface area contributed by atoms with Crippen LogP contribution >= 0.6 is 0 Å². The molecule has 28 heavy (non-hydrogen) atoms. The van der Waals surface area contributed by atoms with E-state index in [-0.39, 0.29) is 12.7 Å². The van der Waals surface area contributed by atoms with Crippen LogP contribution in [0.3, 0.4) is 0 Å². The summed E-state index contributed by atoms with van der Waals surface area (Å²) < 4.78 is 10.6. The fraction of sp³-hybridized carbons (Fsp3) is 0.182. The van der Waals surface area contributed by atoms with Crippen LogP contribution in [0.15, 0.2) is 60.8 Å². The van der Waals surface area contributed by atoms with Gasteiger partial charge in [0.2, 0.25) is 6.79 Å². The fourth-order valence-corrected chi connectivity index (χ4v) is 3.03. The third-order valence-electron chi connectivity index (χ3n) is 4.50. The van der Waals surface area contributed by atoms with Crippen LogP contribution in [0.4, 0.5) is 17.2 Å². The van der Waals surface area contributed by atoms with Crippen LogP contribution in [0.5, 0.6) is 11.5 Å². The van der Waals surface area contributed by atoms with Gasteiger partial charge in [-0.25, -0.2) is 4.98 Å². The number of anilines is 3. The molecule has 4 rings (SSSR count). The smallest absolute Gasteiger partial charge is 0.257 e. The van der Waals surface area contributed by atoms with E-state index in [0.29, 0.717) is 34.5 Å². The highest BCUT2D eigenvalue weighted by Gasteiger charge is 2.15. The number of nitrogens with zero attached hydrogens (tertiary/aromatic N) is 1. The van der Waals surface area contributed by atoms with Crippen molar-refractivity contribution in [3.05, 3.63) is 71.9 Å². The molecule has 0 unspecified atom stereocenters. The van der Waals surface area contributed by atoms with E-state index in [1.54, 1.807) is 36.5 Å². The minimum Gasteiger partial charge on any atom is -0.454 e. The van der Waals surface area contributed by atoms with Crippen LogP contribution in [0.1, 0.15) is 35.7 Å². The summed E-state index contributed by atoms with van der Waals surface area (Å²) in [7, 11) is 0. The Bertz CT molecular complexity index is 1000. The number of carbonyl (C=O) groups excluding carboxylic acids is 1. The zero-order valence-corrected chi connectivity index (χ0v) is 15.7. The molecule has 2 heterocycles. The summed E-state index contributed by atoms with van der Waals surface area (Å²) in [4.78, 5) is 16.9. The number of rotatable bonds is 5. The van der Waals surface area contributed by atoms with E-state index in [1.165, 1.54) is 5.56 Å². The Morgan fingerprint density at radius 3 is 2.64 bits per heavy atom. The number of amides is 1. The highest BCUT2D eigenvalue weighted by molar-refractivity contribution is 6.04. The van der Waals surface area contributed by atoms with E-state index in [0.717, 1.165) is 5.69 Å². The summed E-state index contributed by atoms with van der Waals surface area (Å²) in [5.41, 5.74) is 3.35. The Balaban J connectivity index is 1.45. The first-order valence-electron chi connectivity index (χ1n) is 9.13. The lowest BCUT2D eigenvalue weighted by atomic mass is 10.0. The van der Waals surface area contributed by atoms with E-state index in [1.807, 2.05) is 18.2 Å². The number of pyridine rings is 1. The number of fused-ring (bicyclic) bond motifs is 1. The largest absolute Gasteiger partial charge is 0.454 e. The van der Waals surface area contributed by atoms with Crippen molar-refractivity contribution >= 4 is 23.1 Å². The highest BCUT2D eigenvalue weighted by Crippen LogP contribution is 2.34. The van der Waals surface area contributed by atoms with Crippen molar-refractivity contribution < 1.29 is 14.3 Å². The lowest BCUT2D eigenvalue weighted by molar-refractivity contribution is 0.102. The predicted molar refractivity (Wildman–Crippen MR) is 109 cm³/mol. The van der Waals surface area contributed by atoms with Crippen molar-refractivity contribution in [2.24, 2.45) is 0 Å². The van der Waals surface area contributed by atoms with Crippen LogP contribution in [0.2, 0.25) is 0 Å². The molecule has 0 bridgehead atoms. The molecule has 0 fully saturated rings. The number of carbonyl (C=O) groups is 1. The molecule has 0 atom stereocenters. The van der Waals surface area contributed by atoms with Gasteiger partial charge in [-0.05, 0) is 41.8 Å². The van der Waals surface area contributed by atoms with Crippen molar-refractivity contribution in [3.63, 3.8) is 0 Å². The maximum absolute atomic E-state index is 12.5. The second-order valence-corrected chi connectivity index (χ2v) is 6.82. The molecule has 6 nitrogen and oxygen atoms in total.